The van der Waals surface area contributed by atoms with Gasteiger partial charge in [0.2, 0.25) is 5.88 Å². The van der Waals surface area contributed by atoms with Gasteiger partial charge in [-0.05, 0) is 37.0 Å². The molecular weight excluding hydrogens is 330 g/mol. The molecule has 0 spiro atoms. The van der Waals surface area contributed by atoms with E-state index in [9.17, 15) is 4.79 Å². The van der Waals surface area contributed by atoms with Crippen LogP contribution in [0.15, 0.2) is 36.7 Å². The van der Waals surface area contributed by atoms with Crippen molar-refractivity contribution in [1.82, 2.24) is 14.9 Å². The van der Waals surface area contributed by atoms with Crippen molar-refractivity contribution < 1.29 is 14.3 Å². The first-order chi connectivity index (χ1) is 12.8. The van der Waals surface area contributed by atoms with Crippen molar-refractivity contribution in [2.24, 2.45) is 0 Å². The van der Waals surface area contributed by atoms with Crippen LogP contribution in [-0.4, -0.2) is 53.2 Å². The van der Waals surface area contributed by atoms with Crippen LogP contribution >= 0.6 is 0 Å². The van der Waals surface area contributed by atoms with E-state index in [2.05, 4.69) is 16.0 Å². The molecule has 0 aliphatic carbocycles. The van der Waals surface area contributed by atoms with Gasteiger partial charge in [-0.15, -0.1) is 0 Å². The first-order valence-electron chi connectivity index (χ1n) is 9.43. The zero-order valence-electron chi connectivity index (χ0n) is 14.9. The number of likely N-dealkylation sites (tertiary alicyclic amines) is 1. The third-order valence-electron chi connectivity index (χ3n) is 5.30. The molecule has 0 bridgehead atoms. The number of pyridine rings is 1. The number of nitrogens with one attached hydrogen (secondary N) is 1. The van der Waals surface area contributed by atoms with Crippen LogP contribution in [0.1, 0.15) is 47.7 Å². The molecule has 2 fully saturated rings. The molecule has 4 rings (SSSR count). The summed E-state index contributed by atoms with van der Waals surface area (Å²) >= 11 is 0. The van der Waals surface area contributed by atoms with Crippen molar-refractivity contribution in [3.63, 3.8) is 0 Å². The van der Waals surface area contributed by atoms with E-state index in [1.165, 1.54) is 5.56 Å². The molecule has 0 unspecified atom stereocenters. The summed E-state index contributed by atoms with van der Waals surface area (Å²) in [6.07, 6.45) is 7.38. The number of aromatic amines is 1. The van der Waals surface area contributed by atoms with Crippen molar-refractivity contribution >= 4 is 5.91 Å². The summed E-state index contributed by atoms with van der Waals surface area (Å²) in [4.78, 5) is 21.8. The van der Waals surface area contributed by atoms with Gasteiger partial charge >= 0.3 is 0 Å². The maximum Gasteiger partial charge on any atom is 0.270 e. The van der Waals surface area contributed by atoms with Gasteiger partial charge in [0.05, 0.1) is 0 Å². The monoisotopic (exact) mass is 355 g/mol. The smallest absolute Gasteiger partial charge is 0.270 e. The highest BCUT2D eigenvalue weighted by atomic mass is 16.5. The van der Waals surface area contributed by atoms with Crippen LogP contribution in [0.25, 0.3) is 0 Å². The molecule has 0 atom stereocenters. The first-order valence-corrected chi connectivity index (χ1v) is 9.43. The van der Waals surface area contributed by atoms with Crippen molar-refractivity contribution in [2.45, 2.75) is 37.7 Å². The van der Waals surface area contributed by atoms with E-state index in [0.717, 1.165) is 44.8 Å². The molecular formula is C20H25N3O3. The number of aromatic nitrogens is 2. The van der Waals surface area contributed by atoms with Crippen LogP contribution in [0.2, 0.25) is 0 Å². The van der Waals surface area contributed by atoms with Crippen molar-refractivity contribution in [2.75, 3.05) is 26.3 Å². The van der Waals surface area contributed by atoms with Crippen LogP contribution in [0.5, 0.6) is 5.88 Å². The molecule has 2 aliphatic rings. The van der Waals surface area contributed by atoms with Gasteiger partial charge in [-0.1, -0.05) is 6.07 Å². The topological polar surface area (TPSA) is 67.5 Å². The Hall–Kier alpha value is -2.34. The SMILES string of the molecule is O=C(c1ccc[nH]1)N1CCC(Oc2ncccc2C2CCOCC2)CC1. The second kappa shape index (κ2) is 7.91. The van der Waals surface area contributed by atoms with E-state index in [4.69, 9.17) is 9.47 Å². The maximum atomic E-state index is 12.4. The third-order valence-corrected chi connectivity index (χ3v) is 5.30. The van der Waals surface area contributed by atoms with E-state index in [1.54, 1.807) is 12.4 Å². The standard InChI is InChI=1S/C20H25N3O3/c24-20(18-4-2-9-21-18)23-11-5-16(6-12-23)26-19-17(3-1-10-22-19)15-7-13-25-14-8-15/h1-4,9-10,15-16,21H,5-8,11-14H2. The highest BCUT2D eigenvalue weighted by molar-refractivity contribution is 5.92. The largest absolute Gasteiger partial charge is 0.474 e. The Morgan fingerprint density at radius 2 is 1.96 bits per heavy atom. The molecule has 0 saturated carbocycles. The lowest BCUT2D eigenvalue weighted by Crippen LogP contribution is -2.42. The molecule has 2 aliphatic heterocycles. The fourth-order valence-electron chi connectivity index (χ4n) is 3.79. The zero-order valence-corrected chi connectivity index (χ0v) is 14.9. The molecule has 4 heterocycles. The molecule has 2 saturated heterocycles. The zero-order chi connectivity index (χ0) is 17.8. The molecule has 138 valence electrons. The molecule has 26 heavy (non-hydrogen) atoms. The number of rotatable bonds is 4. The molecule has 2 aromatic rings. The van der Waals surface area contributed by atoms with Crippen molar-refractivity contribution in [3.05, 3.63) is 47.9 Å². The number of piperidine rings is 1. The van der Waals surface area contributed by atoms with Crippen LogP contribution < -0.4 is 4.74 Å². The van der Waals surface area contributed by atoms with Gasteiger partial charge in [-0.3, -0.25) is 4.79 Å². The number of nitrogens with zero attached hydrogens (tertiary/aromatic N) is 2. The van der Waals surface area contributed by atoms with Crippen LogP contribution in [0.3, 0.4) is 0 Å². The highest BCUT2D eigenvalue weighted by Gasteiger charge is 2.27. The summed E-state index contributed by atoms with van der Waals surface area (Å²) < 4.78 is 11.7. The van der Waals surface area contributed by atoms with Crippen molar-refractivity contribution in [3.8, 4) is 5.88 Å². The summed E-state index contributed by atoms with van der Waals surface area (Å²) in [7, 11) is 0. The Morgan fingerprint density at radius 1 is 1.15 bits per heavy atom. The van der Waals surface area contributed by atoms with E-state index in [0.29, 0.717) is 24.7 Å². The molecule has 1 N–H and O–H groups in total. The summed E-state index contributed by atoms with van der Waals surface area (Å²) in [5, 5.41) is 0. The average Bonchev–Trinajstić information content (AvgIpc) is 3.24. The third kappa shape index (κ3) is 3.75. The van der Waals surface area contributed by atoms with E-state index in [-0.39, 0.29) is 12.0 Å². The van der Waals surface area contributed by atoms with Gasteiger partial charge < -0.3 is 19.4 Å². The van der Waals surface area contributed by atoms with Crippen LogP contribution in [0, 0.1) is 0 Å². The summed E-state index contributed by atoms with van der Waals surface area (Å²) in [5.41, 5.74) is 1.84. The number of hydrogen-bond donors (Lipinski definition) is 1. The Labute approximate surface area is 153 Å². The summed E-state index contributed by atoms with van der Waals surface area (Å²) in [6.45, 7) is 3.03. The number of ether oxygens (including phenoxy) is 2. The van der Waals surface area contributed by atoms with Gasteiger partial charge in [0.15, 0.2) is 0 Å². The van der Waals surface area contributed by atoms with Gasteiger partial charge in [-0.2, -0.15) is 0 Å². The van der Waals surface area contributed by atoms with Gasteiger partial charge in [-0.25, -0.2) is 4.98 Å². The van der Waals surface area contributed by atoms with E-state index < -0.39 is 0 Å². The first kappa shape index (κ1) is 17.1. The fourth-order valence-corrected chi connectivity index (χ4v) is 3.79. The Bertz CT molecular complexity index is 718. The predicted molar refractivity (Wildman–Crippen MR) is 97.4 cm³/mol. The number of hydrogen-bond acceptors (Lipinski definition) is 4. The lowest BCUT2D eigenvalue weighted by molar-refractivity contribution is 0.0574. The Kier molecular flexibility index (Phi) is 5.20. The molecule has 6 nitrogen and oxygen atoms in total. The molecule has 1 amide bonds. The van der Waals surface area contributed by atoms with E-state index in [1.807, 2.05) is 23.1 Å². The van der Waals surface area contributed by atoms with Gasteiger partial charge in [0, 0.05) is 57.1 Å². The Morgan fingerprint density at radius 3 is 2.69 bits per heavy atom. The van der Waals surface area contributed by atoms with Crippen molar-refractivity contribution in [1.29, 1.82) is 0 Å². The quantitative estimate of drug-likeness (QED) is 0.915. The normalized spacial score (nSPS) is 19.5. The molecule has 0 radical (unpaired) electrons. The lowest BCUT2D eigenvalue weighted by Gasteiger charge is -2.32. The second-order valence-corrected chi connectivity index (χ2v) is 6.98. The lowest BCUT2D eigenvalue weighted by atomic mass is 9.92. The maximum absolute atomic E-state index is 12.4. The average molecular weight is 355 g/mol. The van der Waals surface area contributed by atoms with Crippen LogP contribution in [-0.2, 0) is 4.74 Å². The Balaban J connectivity index is 1.37. The van der Waals surface area contributed by atoms with Gasteiger partial charge in [0.25, 0.3) is 5.91 Å². The minimum absolute atomic E-state index is 0.0641. The summed E-state index contributed by atoms with van der Waals surface area (Å²) in [6, 6.07) is 7.78. The second-order valence-electron chi connectivity index (χ2n) is 6.98. The van der Waals surface area contributed by atoms with Crippen LogP contribution in [0.4, 0.5) is 0 Å². The summed E-state index contributed by atoms with van der Waals surface area (Å²) in [5.74, 6) is 1.28. The predicted octanol–water partition coefficient (Wildman–Crippen LogP) is 2.99. The number of H-pyrrole nitrogens is 1. The minimum atomic E-state index is 0.0641. The minimum Gasteiger partial charge on any atom is -0.474 e. The van der Waals surface area contributed by atoms with E-state index >= 15 is 0 Å². The fraction of sp³-hybridized carbons (Fsp3) is 0.500. The molecule has 6 heteroatoms. The molecule has 2 aromatic heterocycles. The van der Waals surface area contributed by atoms with Gasteiger partial charge in [0.1, 0.15) is 11.8 Å². The molecule has 0 aromatic carbocycles. The number of carbonyl (C=O) groups is 1. The number of amides is 1. The highest BCUT2D eigenvalue weighted by Crippen LogP contribution is 2.33. The number of carbonyl (C=O) groups excluding carboxylic acids is 1.